The van der Waals surface area contributed by atoms with Crippen LogP contribution < -0.4 is 5.32 Å². The van der Waals surface area contributed by atoms with Gasteiger partial charge in [0.25, 0.3) is 0 Å². The third-order valence-corrected chi connectivity index (χ3v) is 2.02. The second-order valence-corrected chi connectivity index (χ2v) is 2.97. The maximum Gasteiger partial charge on any atom is 0.243 e. The van der Waals surface area contributed by atoms with Gasteiger partial charge >= 0.3 is 0 Å². The largest absolute Gasteiger partial charge is 0.350 e. The van der Waals surface area contributed by atoms with Crippen LogP contribution in [0.25, 0.3) is 0 Å². The lowest BCUT2D eigenvalue weighted by atomic mass is 9.81. The summed E-state index contributed by atoms with van der Waals surface area (Å²) in [7, 11) is 0. The molecule has 2 heteroatoms. The van der Waals surface area contributed by atoms with Crippen LogP contribution >= 0.6 is 0 Å². The van der Waals surface area contributed by atoms with Gasteiger partial charge in [-0.3, -0.25) is 4.79 Å². The Morgan fingerprint density at radius 2 is 2.33 bits per heavy atom. The van der Waals surface area contributed by atoms with Crippen LogP contribution in [0.3, 0.4) is 0 Å². The van der Waals surface area contributed by atoms with Crippen LogP contribution in [-0.2, 0) is 4.79 Å². The molecule has 0 unspecified atom stereocenters. The van der Waals surface area contributed by atoms with Crippen molar-refractivity contribution in [3.8, 4) is 11.8 Å². The van der Waals surface area contributed by atoms with E-state index in [2.05, 4.69) is 23.7 Å². The SMILES string of the molecule is C=CC(=O)N[C@H]1C[C@H](C#CC)C1. The molecule has 0 atom stereocenters. The van der Waals surface area contributed by atoms with Gasteiger partial charge in [-0.25, -0.2) is 0 Å². The van der Waals surface area contributed by atoms with Gasteiger partial charge in [0.05, 0.1) is 0 Å². The molecule has 1 saturated carbocycles. The molecule has 2 nitrogen and oxygen atoms in total. The van der Waals surface area contributed by atoms with Gasteiger partial charge in [0, 0.05) is 12.0 Å². The third kappa shape index (κ3) is 2.13. The highest BCUT2D eigenvalue weighted by Crippen LogP contribution is 2.26. The minimum Gasteiger partial charge on any atom is -0.350 e. The summed E-state index contributed by atoms with van der Waals surface area (Å²) in [5.41, 5.74) is 0. The highest BCUT2D eigenvalue weighted by Gasteiger charge is 2.27. The summed E-state index contributed by atoms with van der Waals surface area (Å²) in [4.78, 5) is 10.8. The summed E-state index contributed by atoms with van der Waals surface area (Å²) in [6, 6.07) is 0.321. The van der Waals surface area contributed by atoms with Gasteiger partial charge in [-0.15, -0.1) is 11.8 Å². The molecule has 1 fully saturated rings. The number of hydrogen-bond acceptors (Lipinski definition) is 1. The summed E-state index contributed by atoms with van der Waals surface area (Å²) < 4.78 is 0. The van der Waals surface area contributed by atoms with Crippen molar-refractivity contribution in [3.05, 3.63) is 12.7 Å². The van der Waals surface area contributed by atoms with Gasteiger partial charge in [0.1, 0.15) is 0 Å². The molecule has 0 aromatic heterocycles. The summed E-state index contributed by atoms with van der Waals surface area (Å²) in [5, 5.41) is 2.83. The van der Waals surface area contributed by atoms with E-state index in [-0.39, 0.29) is 5.91 Å². The first-order valence-electron chi connectivity index (χ1n) is 4.11. The smallest absolute Gasteiger partial charge is 0.243 e. The molecular formula is C10H13NO. The molecule has 0 radical (unpaired) electrons. The highest BCUT2D eigenvalue weighted by molar-refractivity contribution is 5.87. The van der Waals surface area contributed by atoms with Gasteiger partial charge < -0.3 is 5.32 Å². The van der Waals surface area contributed by atoms with Gasteiger partial charge in [0.15, 0.2) is 0 Å². The second-order valence-electron chi connectivity index (χ2n) is 2.97. The van der Waals surface area contributed by atoms with E-state index in [1.165, 1.54) is 6.08 Å². The summed E-state index contributed by atoms with van der Waals surface area (Å²) in [6.07, 6.45) is 3.28. The molecule has 1 rings (SSSR count). The zero-order valence-electron chi connectivity index (χ0n) is 7.26. The molecule has 0 spiro atoms. The van der Waals surface area contributed by atoms with Crippen LogP contribution in [-0.4, -0.2) is 11.9 Å². The molecular weight excluding hydrogens is 150 g/mol. The molecule has 0 saturated heterocycles. The number of nitrogens with one attached hydrogen (secondary N) is 1. The molecule has 0 bridgehead atoms. The Labute approximate surface area is 73.0 Å². The number of carbonyl (C=O) groups is 1. The fraction of sp³-hybridized carbons (Fsp3) is 0.500. The molecule has 1 N–H and O–H groups in total. The van der Waals surface area contributed by atoms with E-state index in [1.807, 2.05) is 6.92 Å². The maximum absolute atomic E-state index is 10.8. The molecule has 0 aliphatic heterocycles. The fourth-order valence-electron chi connectivity index (χ4n) is 1.32. The predicted octanol–water partition coefficient (Wildman–Crippen LogP) is 1.09. The lowest BCUT2D eigenvalue weighted by molar-refractivity contribution is -0.117. The van der Waals surface area contributed by atoms with E-state index in [0.717, 1.165) is 12.8 Å². The van der Waals surface area contributed by atoms with E-state index in [4.69, 9.17) is 0 Å². The third-order valence-electron chi connectivity index (χ3n) is 2.02. The number of hydrogen-bond donors (Lipinski definition) is 1. The number of rotatable bonds is 2. The van der Waals surface area contributed by atoms with Crippen LogP contribution in [0.15, 0.2) is 12.7 Å². The van der Waals surface area contributed by atoms with E-state index < -0.39 is 0 Å². The average Bonchev–Trinajstić information content (AvgIpc) is 2.00. The van der Waals surface area contributed by atoms with Gasteiger partial charge in [-0.2, -0.15) is 0 Å². The van der Waals surface area contributed by atoms with E-state index in [0.29, 0.717) is 12.0 Å². The Balaban J connectivity index is 2.20. The first-order valence-corrected chi connectivity index (χ1v) is 4.11. The molecule has 1 amide bonds. The van der Waals surface area contributed by atoms with Crippen molar-refractivity contribution in [2.45, 2.75) is 25.8 Å². The Morgan fingerprint density at radius 1 is 1.67 bits per heavy atom. The number of amides is 1. The minimum absolute atomic E-state index is 0.0806. The van der Waals surface area contributed by atoms with E-state index in [1.54, 1.807) is 0 Å². The van der Waals surface area contributed by atoms with Crippen molar-refractivity contribution < 1.29 is 4.79 Å². The van der Waals surface area contributed by atoms with Crippen molar-refractivity contribution in [1.29, 1.82) is 0 Å². The molecule has 12 heavy (non-hydrogen) atoms. The van der Waals surface area contributed by atoms with Gasteiger partial charge in [-0.05, 0) is 25.8 Å². The van der Waals surface area contributed by atoms with Crippen molar-refractivity contribution in [2.75, 3.05) is 0 Å². The minimum atomic E-state index is -0.0806. The first kappa shape index (κ1) is 8.86. The predicted molar refractivity (Wildman–Crippen MR) is 48.3 cm³/mol. The molecule has 0 aromatic rings. The number of carbonyl (C=O) groups excluding carboxylic acids is 1. The Hall–Kier alpha value is -1.23. The molecule has 1 aliphatic rings. The molecule has 64 valence electrons. The lowest BCUT2D eigenvalue weighted by Gasteiger charge is -2.32. The van der Waals surface area contributed by atoms with Crippen molar-refractivity contribution >= 4 is 5.91 Å². The molecule has 0 heterocycles. The van der Waals surface area contributed by atoms with Crippen molar-refractivity contribution in [1.82, 2.24) is 5.32 Å². The zero-order valence-corrected chi connectivity index (χ0v) is 7.26. The molecule has 0 aromatic carbocycles. The summed E-state index contributed by atoms with van der Waals surface area (Å²) in [6.45, 7) is 5.23. The van der Waals surface area contributed by atoms with E-state index >= 15 is 0 Å². The average molecular weight is 163 g/mol. The topological polar surface area (TPSA) is 29.1 Å². The quantitative estimate of drug-likeness (QED) is 0.479. The Kier molecular flexibility index (Phi) is 2.93. The van der Waals surface area contributed by atoms with Crippen LogP contribution in [0.4, 0.5) is 0 Å². The summed E-state index contributed by atoms with van der Waals surface area (Å²) >= 11 is 0. The monoisotopic (exact) mass is 163 g/mol. The van der Waals surface area contributed by atoms with E-state index in [9.17, 15) is 4.79 Å². The maximum atomic E-state index is 10.8. The van der Waals surface area contributed by atoms with Crippen LogP contribution in [0.2, 0.25) is 0 Å². The highest BCUT2D eigenvalue weighted by atomic mass is 16.1. The second kappa shape index (κ2) is 3.96. The summed E-state index contributed by atoms with van der Waals surface area (Å²) in [5.74, 6) is 6.36. The standard InChI is InChI=1S/C10H13NO/c1-3-5-8-6-9(7-8)11-10(12)4-2/h4,8-9H,2,6-7H2,1H3,(H,11,12)/t8-,9-. The normalized spacial score (nSPS) is 26.1. The zero-order chi connectivity index (χ0) is 8.97. The van der Waals surface area contributed by atoms with Gasteiger partial charge in [-0.1, -0.05) is 6.58 Å². The first-order chi connectivity index (χ1) is 5.76. The fourth-order valence-corrected chi connectivity index (χ4v) is 1.32. The molecule has 1 aliphatic carbocycles. The van der Waals surface area contributed by atoms with Crippen LogP contribution in [0.1, 0.15) is 19.8 Å². The van der Waals surface area contributed by atoms with Crippen LogP contribution in [0.5, 0.6) is 0 Å². The Bertz CT molecular complexity index is 240. The van der Waals surface area contributed by atoms with Crippen molar-refractivity contribution in [2.24, 2.45) is 5.92 Å². The van der Waals surface area contributed by atoms with Gasteiger partial charge in [0.2, 0.25) is 5.91 Å². The van der Waals surface area contributed by atoms with Crippen molar-refractivity contribution in [3.63, 3.8) is 0 Å². The van der Waals surface area contributed by atoms with Crippen LogP contribution in [0, 0.1) is 17.8 Å². The lowest BCUT2D eigenvalue weighted by Crippen LogP contribution is -2.43. The Morgan fingerprint density at radius 3 is 2.83 bits per heavy atom.